The molecule has 0 spiro atoms. The van der Waals surface area contributed by atoms with Crippen LogP contribution < -0.4 is 14.8 Å². The van der Waals surface area contributed by atoms with E-state index in [1.165, 1.54) is 10.7 Å². The molecule has 0 saturated heterocycles. The number of rotatable bonds is 10. The summed E-state index contributed by atoms with van der Waals surface area (Å²) in [6.07, 6.45) is 0.528. The lowest BCUT2D eigenvalue weighted by molar-refractivity contribution is -0.385. The Labute approximate surface area is 187 Å². The number of sulfonamides is 1. The molecule has 2 rings (SSSR count). The molecule has 2 N–H and O–H groups in total. The minimum absolute atomic E-state index is 0.101. The number of carbonyl (C=O) groups excluding carboxylic acids is 1. The van der Waals surface area contributed by atoms with Crippen LogP contribution in [0.3, 0.4) is 0 Å². The average molecular weight is 468 g/mol. The molecule has 0 aliphatic heterocycles. The molecule has 0 aliphatic rings. The Hall–Kier alpha value is -2.99. The molecule has 2 aromatic rings. The van der Waals surface area contributed by atoms with Gasteiger partial charge in [0.1, 0.15) is 10.6 Å². The number of aromatic nitrogens is 2. The molecule has 32 heavy (non-hydrogen) atoms. The van der Waals surface area contributed by atoms with Crippen molar-refractivity contribution in [3.8, 4) is 11.6 Å². The minimum atomic E-state index is -4.12. The standard InChI is InChI=1S/C20H29N5O6S/c1-7-13(5)23-32(29,30)17-11-15(25(27)28)9-10-16(17)31-20-14(6)18(22-24(20)8-2)19(26)21-12(3)4/h9-13,23H,7-8H2,1-6H3,(H,21,26)/t13-/m1/s1. The topological polar surface area (TPSA) is 145 Å². The van der Waals surface area contributed by atoms with Crippen molar-refractivity contribution >= 4 is 21.6 Å². The van der Waals surface area contributed by atoms with E-state index >= 15 is 0 Å². The number of amides is 1. The maximum absolute atomic E-state index is 13.0. The quantitative estimate of drug-likeness (QED) is 0.403. The van der Waals surface area contributed by atoms with E-state index in [-0.39, 0.29) is 45.9 Å². The van der Waals surface area contributed by atoms with E-state index in [1.807, 2.05) is 20.8 Å². The summed E-state index contributed by atoms with van der Waals surface area (Å²) in [7, 11) is -4.12. The fourth-order valence-electron chi connectivity index (χ4n) is 2.85. The van der Waals surface area contributed by atoms with Crippen LogP contribution >= 0.6 is 0 Å². The molecule has 0 saturated carbocycles. The van der Waals surface area contributed by atoms with Crippen molar-refractivity contribution in [2.24, 2.45) is 0 Å². The number of aryl methyl sites for hydroxylation is 1. The van der Waals surface area contributed by atoms with Crippen molar-refractivity contribution in [3.63, 3.8) is 0 Å². The normalized spacial score (nSPS) is 12.6. The highest BCUT2D eigenvalue weighted by Crippen LogP contribution is 2.34. The van der Waals surface area contributed by atoms with Gasteiger partial charge in [0.05, 0.1) is 4.92 Å². The number of hydrogen-bond donors (Lipinski definition) is 2. The molecule has 1 aromatic carbocycles. The summed E-state index contributed by atoms with van der Waals surface area (Å²) in [4.78, 5) is 22.7. The third kappa shape index (κ3) is 5.62. The monoisotopic (exact) mass is 467 g/mol. The van der Waals surface area contributed by atoms with Gasteiger partial charge >= 0.3 is 0 Å². The third-order valence-corrected chi connectivity index (χ3v) is 6.28. The van der Waals surface area contributed by atoms with Gasteiger partial charge in [-0.2, -0.15) is 5.10 Å². The number of nitro groups is 1. The van der Waals surface area contributed by atoms with Gasteiger partial charge in [0.25, 0.3) is 11.6 Å². The lowest BCUT2D eigenvalue weighted by atomic mass is 10.2. The number of benzene rings is 1. The highest BCUT2D eigenvalue weighted by atomic mass is 32.2. The van der Waals surface area contributed by atoms with E-state index in [4.69, 9.17) is 4.74 Å². The number of nitrogens with one attached hydrogen (secondary N) is 2. The van der Waals surface area contributed by atoms with Gasteiger partial charge in [-0.3, -0.25) is 14.9 Å². The van der Waals surface area contributed by atoms with Crippen LogP contribution in [0.15, 0.2) is 23.1 Å². The summed E-state index contributed by atoms with van der Waals surface area (Å²) >= 11 is 0. The summed E-state index contributed by atoms with van der Waals surface area (Å²) in [5.74, 6) is -0.320. The zero-order valence-electron chi connectivity index (χ0n) is 19.0. The van der Waals surface area contributed by atoms with E-state index < -0.39 is 14.9 Å². The first-order chi connectivity index (χ1) is 14.9. The van der Waals surface area contributed by atoms with Gasteiger partial charge in [0, 0.05) is 36.3 Å². The van der Waals surface area contributed by atoms with Gasteiger partial charge in [0.2, 0.25) is 15.9 Å². The molecule has 1 heterocycles. The van der Waals surface area contributed by atoms with E-state index in [1.54, 1.807) is 20.8 Å². The molecule has 176 valence electrons. The number of nitro benzene ring substituents is 1. The molecule has 0 aliphatic carbocycles. The Morgan fingerprint density at radius 2 is 1.94 bits per heavy atom. The Balaban J connectivity index is 2.59. The summed E-state index contributed by atoms with van der Waals surface area (Å²) in [5.41, 5.74) is 0.181. The van der Waals surface area contributed by atoms with Gasteiger partial charge in [-0.25, -0.2) is 17.8 Å². The van der Waals surface area contributed by atoms with E-state index in [0.717, 1.165) is 12.1 Å². The van der Waals surface area contributed by atoms with Gasteiger partial charge in [0.15, 0.2) is 5.69 Å². The highest BCUT2D eigenvalue weighted by Gasteiger charge is 2.28. The summed E-state index contributed by atoms with van der Waals surface area (Å²) < 4.78 is 35.8. The fourth-order valence-corrected chi connectivity index (χ4v) is 4.32. The van der Waals surface area contributed by atoms with Crippen molar-refractivity contribution in [1.82, 2.24) is 19.8 Å². The molecule has 1 amide bonds. The van der Waals surface area contributed by atoms with Gasteiger partial charge in [-0.05, 0) is 47.1 Å². The van der Waals surface area contributed by atoms with Crippen molar-refractivity contribution in [2.45, 2.75) is 71.5 Å². The second kappa shape index (κ2) is 10.1. The van der Waals surface area contributed by atoms with Gasteiger partial charge < -0.3 is 10.1 Å². The number of carbonyl (C=O) groups is 1. The van der Waals surface area contributed by atoms with Gasteiger partial charge in [-0.15, -0.1) is 0 Å². The lowest BCUT2D eigenvalue weighted by Crippen LogP contribution is -2.32. The van der Waals surface area contributed by atoms with Crippen LogP contribution in [0.4, 0.5) is 5.69 Å². The molecule has 0 bridgehead atoms. The zero-order chi connectivity index (χ0) is 24.2. The Morgan fingerprint density at radius 1 is 1.28 bits per heavy atom. The van der Waals surface area contributed by atoms with Crippen molar-refractivity contribution < 1.29 is 22.9 Å². The first-order valence-electron chi connectivity index (χ1n) is 10.3. The maximum Gasteiger partial charge on any atom is 0.272 e. The Morgan fingerprint density at radius 3 is 2.47 bits per heavy atom. The van der Waals surface area contributed by atoms with E-state index in [9.17, 15) is 23.3 Å². The third-order valence-electron chi connectivity index (χ3n) is 4.67. The van der Waals surface area contributed by atoms with Crippen LogP contribution in [0, 0.1) is 17.0 Å². The number of nitrogens with zero attached hydrogens (tertiary/aromatic N) is 3. The molecule has 0 unspecified atom stereocenters. The Kier molecular flexibility index (Phi) is 7.97. The molecule has 1 atom stereocenters. The second-order valence-corrected chi connectivity index (χ2v) is 9.33. The molecule has 12 heteroatoms. The van der Waals surface area contributed by atoms with Crippen molar-refractivity contribution in [3.05, 3.63) is 39.6 Å². The van der Waals surface area contributed by atoms with E-state index in [2.05, 4.69) is 15.1 Å². The van der Waals surface area contributed by atoms with E-state index in [0.29, 0.717) is 18.5 Å². The first kappa shape index (κ1) is 25.3. The van der Waals surface area contributed by atoms with Crippen LogP contribution in [-0.2, 0) is 16.6 Å². The average Bonchev–Trinajstić information content (AvgIpc) is 3.02. The number of hydrogen-bond acceptors (Lipinski definition) is 7. The SMILES string of the molecule is CC[C@@H](C)NS(=O)(=O)c1cc([N+](=O)[O-])ccc1Oc1c(C)c(C(=O)NC(C)C)nn1CC. The number of ether oxygens (including phenoxy) is 1. The fraction of sp³-hybridized carbons (Fsp3) is 0.500. The highest BCUT2D eigenvalue weighted by molar-refractivity contribution is 7.89. The van der Waals surface area contributed by atoms with Crippen LogP contribution in [-0.4, -0.2) is 41.1 Å². The molecule has 0 radical (unpaired) electrons. The van der Waals surface area contributed by atoms with Crippen molar-refractivity contribution in [1.29, 1.82) is 0 Å². The smallest absolute Gasteiger partial charge is 0.272 e. The van der Waals surface area contributed by atoms with Crippen LogP contribution in [0.25, 0.3) is 0 Å². The largest absolute Gasteiger partial charge is 0.438 e. The Bertz CT molecular complexity index is 1110. The maximum atomic E-state index is 13.0. The second-order valence-electron chi connectivity index (χ2n) is 7.64. The number of non-ortho nitro benzene ring substituents is 1. The molecule has 11 nitrogen and oxygen atoms in total. The van der Waals surface area contributed by atoms with Crippen LogP contribution in [0.2, 0.25) is 0 Å². The lowest BCUT2D eigenvalue weighted by Gasteiger charge is -2.16. The first-order valence-corrected chi connectivity index (χ1v) is 11.8. The predicted molar refractivity (Wildman–Crippen MR) is 118 cm³/mol. The molecule has 0 fully saturated rings. The van der Waals surface area contributed by atoms with Gasteiger partial charge in [-0.1, -0.05) is 6.92 Å². The predicted octanol–water partition coefficient (Wildman–Crippen LogP) is 3.13. The minimum Gasteiger partial charge on any atom is -0.438 e. The molecular formula is C20H29N5O6S. The van der Waals surface area contributed by atoms with Crippen LogP contribution in [0.5, 0.6) is 11.6 Å². The van der Waals surface area contributed by atoms with Crippen molar-refractivity contribution in [2.75, 3.05) is 0 Å². The zero-order valence-corrected chi connectivity index (χ0v) is 19.8. The summed E-state index contributed by atoms with van der Waals surface area (Å²) in [6, 6.07) is 2.85. The van der Waals surface area contributed by atoms with Crippen LogP contribution in [0.1, 0.15) is 57.1 Å². The molecular weight excluding hydrogens is 438 g/mol. The summed E-state index contributed by atoms with van der Waals surface area (Å²) in [5, 5.41) is 18.3. The molecule has 1 aromatic heterocycles. The summed E-state index contributed by atoms with van der Waals surface area (Å²) in [6.45, 7) is 10.9.